The first-order chi connectivity index (χ1) is 10.2. The molecule has 1 heterocycles. The molecular formula is C17H14BrNO2. The third kappa shape index (κ3) is 4.73. The van der Waals surface area contributed by atoms with Crippen LogP contribution < -0.4 is 0 Å². The number of pyridine rings is 1. The van der Waals surface area contributed by atoms with Gasteiger partial charge < -0.3 is 4.74 Å². The van der Waals surface area contributed by atoms with Crippen molar-refractivity contribution in [2.45, 2.75) is 13.3 Å². The lowest BCUT2D eigenvalue weighted by Gasteiger charge is -2.03. The lowest BCUT2D eigenvalue weighted by molar-refractivity contribution is -0.142. The van der Waals surface area contributed by atoms with Crippen LogP contribution in [0.3, 0.4) is 0 Å². The lowest BCUT2D eigenvalue weighted by atomic mass is 10.2. The summed E-state index contributed by atoms with van der Waals surface area (Å²) in [5.41, 5.74) is 2.39. The topological polar surface area (TPSA) is 39.2 Å². The van der Waals surface area contributed by atoms with E-state index in [0.717, 1.165) is 11.1 Å². The molecular weight excluding hydrogens is 330 g/mol. The number of hydrogen-bond donors (Lipinski definition) is 0. The highest BCUT2D eigenvalue weighted by Gasteiger charge is 2.07. The maximum atomic E-state index is 11.4. The fourth-order valence-corrected chi connectivity index (χ4v) is 2.14. The third-order valence-electron chi connectivity index (χ3n) is 2.65. The minimum absolute atomic E-state index is 0.166. The Labute approximate surface area is 132 Å². The van der Waals surface area contributed by atoms with E-state index in [1.807, 2.05) is 36.4 Å². The Morgan fingerprint density at radius 1 is 1.19 bits per heavy atom. The summed E-state index contributed by atoms with van der Waals surface area (Å²) < 4.78 is 5.53. The molecule has 2 aromatic rings. The SMILES string of the molecule is CCOC(=O)Cc1ccc(C#Cc2ccccc2)c(Br)n1. The smallest absolute Gasteiger partial charge is 0.311 e. The number of rotatable bonds is 3. The summed E-state index contributed by atoms with van der Waals surface area (Å²) in [6.45, 7) is 2.16. The zero-order chi connectivity index (χ0) is 15.1. The van der Waals surface area contributed by atoms with E-state index in [1.165, 1.54) is 0 Å². The van der Waals surface area contributed by atoms with Crippen LogP contribution in [0.15, 0.2) is 47.1 Å². The van der Waals surface area contributed by atoms with Gasteiger partial charge >= 0.3 is 5.97 Å². The lowest BCUT2D eigenvalue weighted by Crippen LogP contribution is -2.08. The first-order valence-electron chi connectivity index (χ1n) is 6.57. The van der Waals surface area contributed by atoms with E-state index in [-0.39, 0.29) is 12.4 Å². The minimum atomic E-state index is -0.278. The van der Waals surface area contributed by atoms with Gasteiger partial charge in [-0.15, -0.1) is 0 Å². The summed E-state index contributed by atoms with van der Waals surface area (Å²) in [6, 6.07) is 13.4. The van der Waals surface area contributed by atoms with Crippen LogP contribution in [0.4, 0.5) is 0 Å². The Hall–Kier alpha value is -2.12. The van der Waals surface area contributed by atoms with Crippen LogP contribution in [0, 0.1) is 11.8 Å². The molecule has 1 aromatic heterocycles. The van der Waals surface area contributed by atoms with E-state index in [9.17, 15) is 4.79 Å². The molecule has 0 saturated heterocycles. The molecule has 0 aliphatic rings. The molecule has 0 unspecified atom stereocenters. The van der Waals surface area contributed by atoms with Crippen molar-refractivity contribution in [1.29, 1.82) is 0 Å². The molecule has 0 N–H and O–H groups in total. The summed E-state index contributed by atoms with van der Waals surface area (Å²) in [7, 11) is 0. The normalized spacial score (nSPS) is 9.62. The molecule has 0 aliphatic carbocycles. The fraction of sp³-hybridized carbons (Fsp3) is 0.176. The predicted octanol–water partition coefficient (Wildman–Crippen LogP) is 3.35. The summed E-state index contributed by atoms with van der Waals surface area (Å²) >= 11 is 3.38. The van der Waals surface area contributed by atoms with Gasteiger partial charge in [-0.2, -0.15) is 0 Å². The molecule has 0 amide bonds. The molecule has 0 fully saturated rings. The van der Waals surface area contributed by atoms with Crippen LogP contribution in [-0.4, -0.2) is 17.6 Å². The highest BCUT2D eigenvalue weighted by atomic mass is 79.9. The molecule has 0 atom stereocenters. The number of carbonyl (C=O) groups excluding carboxylic acids is 1. The average Bonchev–Trinajstić information content (AvgIpc) is 2.48. The number of halogens is 1. The molecule has 106 valence electrons. The van der Waals surface area contributed by atoms with Gasteiger partial charge in [0.25, 0.3) is 0 Å². The standard InChI is InChI=1S/C17H14BrNO2/c1-2-21-16(20)12-15-11-10-14(17(18)19-15)9-8-13-6-4-3-5-7-13/h3-7,10-11H,2,12H2,1H3. The van der Waals surface area contributed by atoms with Crippen LogP contribution >= 0.6 is 15.9 Å². The Bertz CT molecular complexity index is 687. The largest absolute Gasteiger partial charge is 0.466 e. The predicted molar refractivity (Wildman–Crippen MR) is 84.7 cm³/mol. The molecule has 0 radical (unpaired) electrons. The van der Waals surface area contributed by atoms with Crippen molar-refractivity contribution in [3.05, 3.63) is 63.9 Å². The van der Waals surface area contributed by atoms with E-state index in [2.05, 4.69) is 32.8 Å². The second-order valence-corrected chi connectivity index (χ2v) is 4.99. The van der Waals surface area contributed by atoms with Gasteiger partial charge in [0.15, 0.2) is 0 Å². The highest BCUT2D eigenvalue weighted by Crippen LogP contribution is 2.14. The number of hydrogen-bond acceptors (Lipinski definition) is 3. The fourth-order valence-electron chi connectivity index (χ4n) is 1.68. The van der Waals surface area contributed by atoms with Crippen LogP contribution in [0.25, 0.3) is 0 Å². The summed E-state index contributed by atoms with van der Waals surface area (Å²) in [5, 5.41) is 0. The van der Waals surface area contributed by atoms with Gasteiger partial charge in [0.05, 0.1) is 24.3 Å². The molecule has 1 aromatic carbocycles. The van der Waals surface area contributed by atoms with Gasteiger partial charge in [-0.05, 0) is 47.1 Å². The Balaban J connectivity index is 2.13. The molecule has 0 aliphatic heterocycles. The number of carbonyl (C=O) groups is 1. The molecule has 2 rings (SSSR count). The van der Waals surface area contributed by atoms with Gasteiger partial charge in [-0.1, -0.05) is 30.0 Å². The summed E-state index contributed by atoms with van der Waals surface area (Å²) in [5.74, 6) is 5.85. The quantitative estimate of drug-likeness (QED) is 0.487. The maximum absolute atomic E-state index is 11.4. The van der Waals surface area contributed by atoms with Crippen molar-refractivity contribution in [3.8, 4) is 11.8 Å². The molecule has 4 heteroatoms. The molecule has 0 saturated carbocycles. The van der Waals surface area contributed by atoms with Gasteiger partial charge in [0, 0.05) is 5.56 Å². The van der Waals surface area contributed by atoms with Gasteiger partial charge in [0.2, 0.25) is 0 Å². The van der Waals surface area contributed by atoms with E-state index >= 15 is 0 Å². The van der Waals surface area contributed by atoms with E-state index < -0.39 is 0 Å². The summed E-state index contributed by atoms with van der Waals surface area (Å²) in [6.07, 6.45) is 0.166. The van der Waals surface area contributed by atoms with Gasteiger partial charge in [-0.3, -0.25) is 4.79 Å². The first kappa shape index (κ1) is 15.3. The number of benzene rings is 1. The van der Waals surface area contributed by atoms with E-state index in [0.29, 0.717) is 16.9 Å². The van der Waals surface area contributed by atoms with E-state index in [4.69, 9.17) is 4.74 Å². The second-order valence-electron chi connectivity index (χ2n) is 4.24. The highest BCUT2D eigenvalue weighted by molar-refractivity contribution is 9.10. The maximum Gasteiger partial charge on any atom is 0.311 e. The van der Waals surface area contributed by atoms with Crippen molar-refractivity contribution in [3.63, 3.8) is 0 Å². The Kier molecular flexibility index (Phi) is 5.53. The van der Waals surface area contributed by atoms with Crippen LogP contribution in [0.2, 0.25) is 0 Å². The van der Waals surface area contributed by atoms with Crippen molar-refractivity contribution >= 4 is 21.9 Å². The third-order valence-corrected chi connectivity index (χ3v) is 3.26. The first-order valence-corrected chi connectivity index (χ1v) is 7.36. The zero-order valence-corrected chi connectivity index (χ0v) is 13.2. The minimum Gasteiger partial charge on any atom is -0.466 e. The van der Waals surface area contributed by atoms with Crippen molar-refractivity contribution in [2.24, 2.45) is 0 Å². The summed E-state index contributed by atoms with van der Waals surface area (Å²) in [4.78, 5) is 15.7. The van der Waals surface area contributed by atoms with Crippen molar-refractivity contribution in [1.82, 2.24) is 4.98 Å². The second kappa shape index (κ2) is 7.61. The van der Waals surface area contributed by atoms with Crippen molar-refractivity contribution in [2.75, 3.05) is 6.61 Å². The van der Waals surface area contributed by atoms with Gasteiger partial charge in [-0.25, -0.2) is 4.98 Å². The Morgan fingerprint density at radius 3 is 2.62 bits per heavy atom. The zero-order valence-electron chi connectivity index (χ0n) is 11.6. The molecule has 3 nitrogen and oxygen atoms in total. The number of aromatic nitrogens is 1. The molecule has 0 spiro atoms. The average molecular weight is 344 g/mol. The van der Waals surface area contributed by atoms with Crippen LogP contribution in [0.1, 0.15) is 23.7 Å². The van der Waals surface area contributed by atoms with Gasteiger partial charge in [0.1, 0.15) is 4.60 Å². The Morgan fingerprint density at radius 2 is 1.95 bits per heavy atom. The monoisotopic (exact) mass is 343 g/mol. The van der Waals surface area contributed by atoms with Crippen LogP contribution in [0.5, 0.6) is 0 Å². The molecule has 0 bridgehead atoms. The number of nitrogens with zero attached hydrogens (tertiary/aromatic N) is 1. The molecule has 21 heavy (non-hydrogen) atoms. The van der Waals surface area contributed by atoms with Crippen LogP contribution in [-0.2, 0) is 16.0 Å². The number of esters is 1. The van der Waals surface area contributed by atoms with E-state index in [1.54, 1.807) is 13.0 Å². The van der Waals surface area contributed by atoms with Crippen molar-refractivity contribution < 1.29 is 9.53 Å². The number of ether oxygens (including phenoxy) is 1.